The first-order chi connectivity index (χ1) is 33.3. The smallest absolute Gasteiger partial charge is 0.416 e. The second kappa shape index (κ2) is 21.9. The van der Waals surface area contributed by atoms with Gasteiger partial charge in [-0.3, -0.25) is 9.97 Å². The third kappa shape index (κ3) is 12.3. The van der Waals surface area contributed by atoms with Crippen molar-refractivity contribution in [3.05, 3.63) is 187 Å². The number of nitrogens with zero attached hydrogens (tertiary/aromatic N) is 2. The highest BCUT2D eigenvalue weighted by molar-refractivity contribution is 6.30. The molecule has 0 spiro atoms. The van der Waals surface area contributed by atoms with E-state index in [4.69, 9.17) is 37.4 Å². The maximum Gasteiger partial charge on any atom is 0.416 e. The lowest BCUT2D eigenvalue weighted by Gasteiger charge is -2.17. The summed E-state index contributed by atoms with van der Waals surface area (Å²) in [6.45, 7) is 1.50. The maximum absolute atomic E-state index is 14.2. The van der Waals surface area contributed by atoms with Gasteiger partial charge in [0.05, 0.1) is 28.9 Å². The molecule has 0 unspecified atom stereocenters. The van der Waals surface area contributed by atoms with E-state index in [9.17, 15) is 49.8 Å². The van der Waals surface area contributed by atoms with Crippen molar-refractivity contribution < 1.29 is 64.0 Å². The molecule has 2 aliphatic rings. The van der Waals surface area contributed by atoms with Crippen LogP contribution in [0.2, 0.25) is 10.0 Å². The fraction of sp³-hybridized carbons (Fsp3) is 0.231. The number of hydrogen-bond acceptors (Lipinski definition) is 7. The Bertz CT molecular complexity index is 3010. The van der Waals surface area contributed by atoms with Gasteiger partial charge in [-0.15, -0.1) is 0 Å². The number of carboxylic acid groups (broad SMARTS) is 1. The third-order valence-corrected chi connectivity index (χ3v) is 11.9. The predicted octanol–water partition coefficient (Wildman–Crippen LogP) is 15.0. The number of carbonyl (C=O) groups excluding carboxylic acids is 1. The van der Waals surface area contributed by atoms with Crippen molar-refractivity contribution in [3.63, 3.8) is 0 Å². The number of aromatic nitrogens is 2. The van der Waals surface area contributed by atoms with Crippen LogP contribution >= 0.6 is 23.2 Å². The largest absolute Gasteiger partial charge is 0.488 e. The first-order valence-corrected chi connectivity index (χ1v) is 22.4. The molecule has 0 bridgehead atoms. The van der Waals surface area contributed by atoms with Crippen molar-refractivity contribution in [1.29, 1.82) is 0 Å². The number of rotatable bonds is 13. The van der Waals surface area contributed by atoms with E-state index in [1.165, 1.54) is 61.1 Å². The lowest BCUT2D eigenvalue weighted by atomic mass is 9.95. The van der Waals surface area contributed by atoms with E-state index in [1.54, 1.807) is 19.2 Å². The number of alkyl halides is 6. The van der Waals surface area contributed by atoms with Gasteiger partial charge in [-0.05, 0) is 152 Å². The summed E-state index contributed by atoms with van der Waals surface area (Å²) in [7, 11) is 0. The van der Waals surface area contributed by atoms with E-state index in [1.807, 2.05) is 0 Å². The monoisotopic (exact) mass is 1010 g/mol. The number of ether oxygens (including phenoxy) is 3. The van der Waals surface area contributed by atoms with Crippen LogP contribution in [-0.2, 0) is 30.3 Å². The van der Waals surface area contributed by atoms with E-state index < -0.39 is 47.1 Å². The van der Waals surface area contributed by atoms with Crippen LogP contribution in [0.25, 0.3) is 22.3 Å². The van der Waals surface area contributed by atoms with Crippen LogP contribution < -0.4 is 9.47 Å². The van der Waals surface area contributed by atoms with E-state index >= 15 is 0 Å². The van der Waals surface area contributed by atoms with Gasteiger partial charge in [-0.1, -0.05) is 35.3 Å². The first kappa shape index (κ1) is 51.1. The molecule has 8 rings (SSSR count). The minimum atomic E-state index is -4.57. The van der Waals surface area contributed by atoms with Gasteiger partial charge in [0.15, 0.2) is 0 Å². The van der Waals surface area contributed by atoms with Gasteiger partial charge in [0, 0.05) is 57.1 Å². The molecule has 0 atom stereocenters. The third-order valence-electron chi connectivity index (χ3n) is 11.4. The molecule has 6 aromatic rings. The predicted molar refractivity (Wildman–Crippen MR) is 247 cm³/mol. The van der Waals surface area contributed by atoms with E-state index in [2.05, 4.69) is 9.97 Å². The first-order valence-electron chi connectivity index (χ1n) is 21.6. The highest BCUT2D eigenvalue weighted by atomic mass is 35.5. The minimum Gasteiger partial charge on any atom is -0.488 e. The molecule has 18 heteroatoms. The highest BCUT2D eigenvalue weighted by Gasteiger charge is 2.34. The minimum absolute atomic E-state index is 0.0185. The molecule has 0 fully saturated rings. The van der Waals surface area contributed by atoms with Gasteiger partial charge in [-0.2, -0.15) is 26.3 Å². The Hall–Kier alpha value is -6.78. The average Bonchev–Trinajstić information content (AvgIpc) is 4.02. The fourth-order valence-corrected chi connectivity index (χ4v) is 8.41. The lowest BCUT2D eigenvalue weighted by molar-refractivity contribution is -0.138. The normalized spacial score (nSPS) is 13.8. The quantitative estimate of drug-likeness (QED) is 0.0900. The van der Waals surface area contributed by atoms with Crippen LogP contribution in [0, 0.1) is 11.6 Å². The number of allylic oxidation sites excluding steroid dienone is 4. The number of benzene rings is 4. The zero-order valence-electron chi connectivity index (χ0n) is 36.9. The molecule has 0 amide bonds. The Balaban J connectivity index is 0.000000207. The van der Waals surface area contributed by atoms with Crippen molar-refractivity contribution >= 4 is 57.4 Å². The standard InChI is InChI=1S/C27H22ClF4NO3.C25H18ClF4NO3/c1-2-35-26(34)18-10-17(13-33-14-18)21-4-3-5-22(21)23-11-19(27(30,31)32)7-9-25(23)36-15-16-6-8-20(28)12-24(16)29;26-18-6-4-14(22(27)10-18)13-34-23-7-5-17(25(28,29)30)9-21(23)20-3-1-2-19(20)15-8-16(24(32)33)12-31-11-15/h6-14H,2-5,15H2,1H3;4-12H,1-3,13H2,(H,32,33). The molecule has 8 nitrogen and oxygen atoms in total. The Labute approximate surface area is 406 Å². The number of hydrogen-bond donors (Lipinski definition) is 1. The van der Waals surface area contributed by atoms with Crippen molar-refractivity contribution in [3.8, 4) is 11.5 Å². The van der Waals surface area contributed by atoms with Crippen LogP contribution in [0.15, 0.2) is 110 Å². The molecule has 0 aliphatic heterocycles. The van der Waals surface area contributed by atoms with Gasteiger partial charge in [0.25, 0.3) is 0 Å². The number of pyridine rings is 2. The SMILES string of the molecule is CCOC(=O)c1cncc(C2=C(c3cc(C(F)(F)F)ccc3OCc3ccc(Cl)cc3F)CCC2)c1.O=C(O)c1cncc(C2=C(c3cc(C(F)(F)F)ccc3OCc3ccc(Cl)cc3F)CCC2)c1. The molecule has 364 valence electrons. The molecule has 0 saturated carbocycles. The maximum atomic E-state index is 14.2. The summed E-state index contributed by atoms with van der Waals surface area (Å²) >= 11 is 11.6. The van der Waals surface area contributed by atoms with Gasteiger partial charge >= 0.3 is 24.3 Å². The summed E-state index contributed by atoms with van der Waals surface area (Å²) in [6.07, 6.45) is 0.0126. The van der Waals surface area contributed by atoms with Gasteiger partial charge in [0.2, 0.25) is 0 Å². The van der Waals surface area contributed by atoms with Crippen LogP contribution in [0.1, 0.15) is 111 Å². The summed E-state index contributed by atoms with van der Waals surface area (Å²) < 4.78 is 126. The highest BCUT2D eigenvalue weighted by Crippen LogP contribution is 2.47. The van der Waals surface area contributed by atoms with Crippen molar-refractivity contribution in [2.75, 3.05) is 6.61 Å². The second-order valence-corrected chi connectivity index (χ2v) is 16.9. The van der Waals surface area contributed by atoms with Crippen LogP contribution in [0.4, 0.5) is 35.1 Å². The van der Waals surface area contributed by atoms with Gasteiger partial charge < -0.3 is 19.3 Å². The van der Waals surface area contributed by atoms with E-state index in [-0.39, 0.29) is 74.7 Å². The number of carbonyl (C=O) groups is 2. The lowest BCUT2D eigenvalue weighted by Crippen LogP contribution is -2.07. The Morgan fingerprint density at radius 2 is 1.01 bits per heavy atom. The van der Waals surface area contributed by atoms with Crippen LogP contribution in [-0.4, -0.2) is 33.6 Å². The second-order valence-electron chi connectivity index (χ2n) is 16.0. The van der Waals surface area contributed by atoms with Gasteiger partial charge in [0.1, 0.15) is 36.3 Å². The summed E-state index contributed by atoms with van der Waals surface area (Å²) in [5, 5.41) is 9.73. The summed E-state index contributed by atoms with van der Waals surface area (Å²) in [6, 6.07) is 17.7. The van der Waals surface area contributed by atoms with Crippen molar-refractivity contribution in [2.24, 2.45) is 0 Å². The number of aromatic carboxylic acids is 1. The Kier molecular flexibility index (Phi) is 16.0. The zero-order valence-corrected chi connectivity index (χ0v) is 38.4. The molecule has 2 aliphatic carbocycles. The average molecular weight is 1010 g/mol. The fourth-order valence-electron chi connectivity index (χ4n) is 8.10. The number of halogens is 10. The molecule has 0 radical (unpaired) electrons. The van der Waals surface area contributed by atoms with E-state index in [0.29, 0.717) is 66.4 Å². The molecule has 0 saturated heterocycles. The molecular formula is C52H40Cl2F8N2O6. The topological polar surface area (TPSA) is 108 Å². The molecule has 2 heterocycles. The molecule has 4 aromatic carbocycles. The molecular weight excluding hydrogens is 971 g/mol. The van der Waals surface area contributed by atoms with Gasteiger partial charge in [-0.25, -0.2) is 18.4 Å². The summed E-state index contributed by atoms with van der Waals surface area (Å²) in [5.74, 6) is -2.47. The summed E-state index contributed by atoms with van der Waals surface area (Å²) in [5.41, 5.74) is 3.41. The van der Waals surface area contributed by atoms with Crippen LogP contribution in [0.3, 0.4) is 0 Å². The molecule has 2 aromatic heterocycles. The van der Waals surface area contributed by atoms with Crippen molar-refractivity contribution in [1.82, 2.24) is 9.97 Å². The summed E-state index contributed by atoms with van der Waals surface area (Å²) in [4.78, 5) is 31.6. The number of carboxylic acids is 1. The Morgan fingerprint density at radius 3 is 1.43 bits per heavy atom. The van der Waals surface area contributed by atoms with Crippen molar-refractivity contribution in [2.45, 2.75) is 71.0 Å². The van der Waals surface area contributed by atoms with E-state index in [0.717, 1.165) is 42.0 Å². The number of esters is 1. The molecule has 1 N–H and O–H groups in total. The Morgan fingerprint density at radius 1 is 0.586 bits per heavy atom. The molecule has 70 heavy (non-hydrogen) atoms. The zero-order chi connectivity index (χ0) is 50.3. The van der Waals surface area contributed by atoms with Crippen LogP contribution in [0.5, 0.6) is 11.5 Å².